The van der Waals surface area contributed by atoms with Gasteiger partial charge in [-0.2, -0.15) is 0 Å². The molecule has 1 aliphatic carbocycles. The third-order valence-electron chi connectivity index (χ3n) is 3.99. The molecule has 1 aliphatic rings. The zero-order chi connectivity index (χ0) is 13.4. The van der Waals surface area contributed by atoms with Crippen molar-refractivity contribution < 1.29 is 4.74 Å². The zero-order valence-corrected chi connectivity index (χ0v) is 13.2. The second-order valence-corrected chi connectivity index (χ2v) is 6.93. The summed E-state index contributed by atoms with van der Waals surface area (Å²) < 4.78 is 6.33. The molecule has 1 aromatic heterocycles. The summed E-state index contributed by atoms with van der Waals surface area (Å²) in [5.41, 5.74) is -0.147. The largest absolute Gasteiger partial charge is 0.370 e. The van der Waals surface area contributed by atoms with Gasteiger partial charge in [0.1, 0.15) is 11.4 Å². The number of aromatic nitrogens is 2. The minimum Gasteiger partial charge on any atom is -0.370 e. The molecule has 1 saturated carbocycles. The number of aromatic amines is 1. The van der Waals surface area contributed by atoms with Crippen LogP contribution in [0.4, 0.5) is 0 Å². The highest BCUT2D eigenvalue weighted by Crippen LogP contribution is 2.45. The average molecular weight is 362 g/mol. The number of rotatable bonds is 2. The Morgan fingerprint density at radius 2 is 1.94 bits per heavy atom. The molecular weight excluding hydrogens is 343 g/mol. The fraction of sp³-hybridized carbons (Fsp3) is 0.692. The highest BCUT2D eigenvalue weighted by molar-refractivity contribution is 14.1. The molecule has 0 amide bonds. The molecule has 0 atom stereocenters. The van der Waals surface area contributed by atoms with E-state index in [1.54, 1.807) is 13.3 Å². The molecule has 1 heterocycles. The molecule has 0 bridgehead atoms. The standard InChI is InChI=1S/C13H19IN2O2/c1-12(2)4-6-13(18-3,7-5-12)11-15-8-9(14)10(17)16-11/h8H,4-7H2,1-3H3,(H,15,16,17). The van der Waals surface area contributed by atoms with Gasteiger partial charge in [0.15, 0.2) is 0 Å². The van der Waals surface area contributed by atoms with Crippen LogP contribution in [0.15, 0.2) is 11.0 Å². The van der Waals surface area contributed by atoms with Crippen molar-refractivity contribution in [1.82, 2.24) is 9.97 Å². The van der Waals surface area contributed by atoms with E-state index in [1.807, 2.05) is 22.6 Å². The Hall–Kier alpha value is -0.430. The lowest BCUT2D eigenvalue weighted by molar-refractivity contribution is -0.0731. The SMILES string of the molecule is COC1(c2ncc(I)c(=O)[nH]2)CCC(C)(C)CC1. The summed E-state index contributed by atoms with van der Waals surface area (Å²) in [7, 11) is 1.70. The van der Waals surface area contributed by atoms with Crippen LogP contribution in [0.5, 0.6) is 0 Å². The van der Waals surface area contributed by atoms with Crippen LogP contribution < -0.4 is 5.56 Å². The minimum absolute atomic E-state index is 0.0816. The number of hydrogen-bond acceptors (Lipinski definition) is 3. The van der Waals surface area contributed by atoms with Crippen LogP contribution >= 0.6 is 22.6 Å². The van der Waals surface area contributed by atoms with Gasteiger partial charge in [-0.15, -0.1) is 0 Å². The number of methoxy groups -OCH3 is 1. The van der Waals surface area contributed by atoms with Gasteiger partial charge in [-0.3, -0.25) is 4.79 Å². The molecule has 0 unspecified atom stereocenters. The lowest BCUT2D eigenvalue weighted by Crippen LogP contribution is -2.39. The Morgan fingerprint density at radius 3 is 2.44 bits per heavy atom. The first-order valence-corrected chi connectivity index (χ1v) is 7.27. The van der Waals surface area contributed by atoms with E-state index in [0.717, 1.165) is 25.7 Å². The highest BCUT2D eigenvalue weighted by atomic mass is 127. The maximum atomic E-state index is 11.7. The fourth-order valence-corrected chi connectivity index (χ4v) is 2.75. The number of ether oxygens (including phenoxy) is 1. The summed E-state index contributed by atoms with van der Waals surface area (Å²) in [6.07, 6.45) is 5.59. The van der Waals surface area contributed by atoms with Gasteiger partial charge in [0.25, 0.3) is 5.56 Å². The Bertz CT molecular complexity index is 486. The molecule has 0 radical (unpaired) electrons. The maximum Gasteiger partial charge on any atom is 0.264 e. The first-order chi connectivity index (χ1) is 8.38. The first-order valence-electron chi connectivity index (χ1n) is 6.19. The van der Waals surface area contributed by atoms with Crippen LogP contribution in [0, 0.1) is 8.99 Å². The molecule has 2 rings (SSSR count). The first kappa shape index (κ1) is 14.0. The van der Waals surface area contributed by atoms with Crippen molar-refractivity contribution in [2.24, 2.45) is 5.41 Å². The van der Waals surface area contributed by atoms with E-state index in [1.165, 1.54) is 0 Å². The minimum atomic E-state index is -0.418. The number of hydrogen-bond donors (Lipinski definition) is 1. The van der Waals surface area contributed by atoms with Gasteiger partial charge in [0, 0.05) is 13.3 Å². The molecule has 1 fully saturated rings. The Kier molecular flexibility index (Phi) is 3.82. The average Bonchev–Trinajstić information content (AvgIpc) is 2.34. The molecule has 5 heteroatoms. The van der Waals surface area contributed by atoms with Crippen molar-refractivity contribution in [2.45, 2.75) is 45.1 Å². The summed E-state index contributed by atoms with van der Waals surface area (Å²) in [5.74, 6) is 0.672. The molecule has 1 aromatic rings. The van der Waals surface area contributed by atoms with Crippen LogP contribution in [-0.2, 0) is 10.3 Å². The second-order valence-electron chi connectivity index (χ2n) is 5.77. The van der Waals surface area contributed by atoms with Crippen molar-refractivity contribution >= 4 is 22.6 Å². The maximum absolute atomic E-state index is 11.7. The topological polar surface area (TPSA) is 55.0 Å². The van der Waals surface area contributed by atoms with E-state index in [-0.39, 0.29) is 5.56 Å². The summed E-state index contributed by atoms with van der Waals surface area (Å²) in [5, 5.41) is 0. The van der Waals surface area contributed by atoms with Gasteiger partial charge in [0.05, 0.1) is 3.57 Å². The van der Waals surface area contributed by atoms with E-state index < -0.39 is 5.60 Å². The van der Waals surface area contributed by atoms with Crippen molar-refractivity contribution in [2.75, 3.05) is 7.11 Å². The molecular formula is C13H19IN2O2. The lowest BCUT2D eigenvalue weighted by Gasteiger charge is -2.41. The summed E-state index contributed by atoms with van der Waals surface area (Å²) in [4.78, 5) is 18.9. The summed E-state index contributed by atoms with van der Waals surface area (Å²) in [6, 6.07) is 0. The predicted octanol–water partition coefficient (Wildman–Crippen LogP) is 2.82. The van der Waals surface area contributed by atoms with E-state index in [4.69, 9.17) is 4.74 Å². The highest BCUT2D eigenvalue weighted by Gasteiger charge is 2.41. The van der Waals surface area contributed by atoms with E-state index in [2.05, 4.69) is 23.8 Å². The van der Waals surface area contributed by atoms with Gasteiger partial charge in [-0.25, -0.2) is 4.98 Å². The van der Waals surface area contributed by atoms with Crippen LogP contribution in [0.2, 0.25) is 0 Å². The van der Waals surface area contributed by atoms with Gasteiger partial charge in [0.2, 0.25) is 0 Å². The van der Waals surface area contributed by atoms with Crippen molar-refractivity contribution in [3.8, 4) is 0 Å². The Labute approximate surface area is 121 Å². The van der Waals surface area contributed by atoms with E-state index >= 15 is 0 Å². The summed E-state index contributed by atoms with van der Waals surface area (Å²) in [6.45, 7) is 4.55. The van der Waals surface area contributed by atoms with Gasteiger partial charge in [-0.05, 0) is 53.7 Å². The Morgan fingerprint density at radius 1 is 1.33 bits per heavy atom. The molecule has 0 spiro atoms. The molecule has 100 valence electrons. The van der Waals surface area contributed by atoms with Gasteiger partial charge in [-0.1, -0.05) is 13.8 Å². The number of H-pyrrole nitrogens is 1. The monoisotopic (exact) mass is 362 g/mol. The van der Waals surface area contributed by atoms with Crippen molar-refractivity contribution in [1.29, 1.82) is 0 Å². The molecule has 0 aromatic carbocycles. The van der Waals surface area contributed by atoms with Gasteiger partial charge >= 0.3 is 0 Å². The molecule has 1 N–H and O–H groups in total. The van der Waals surface area contributed by atoms with Gasteiger partial charge < -0.3 is 9.72 Å². The van der Waals surface area contributed by atoms with E-state index in [9.17, 15) is 4.79 Å². The molecule has 0 saturated heterocycles. The quantitative estimate of drug-likeness (QED) is 0.824. The smallest absolute Gasteiger partial charge is 0.264 e. The van der Waals surface area contributed by atoms with Crippen LogP contribution in [0.25, 0.3) is 0 Å². The second kappa shape index (κ2) is 4.92. The summed E-state index contributed by atoms with van der Waals surface area (Å²) >= 11 is 1.99. The fourth-order valence-electron chi connectivity index (χ4n) is 2.48. The Balaban J connectivity index is 2.33. The molecule has 0 aliphatic heterocycles. The third-order valence-corrected chi connectivity index (χ3v) is 4.76. The van der Waals surface area contributed by atoms with Crippen molar-refractivity contribution in [3.63, 3.8) is 0 Å². The third kappa shape index (κ3) is 2.61. The molecule has 18 heavy (non-hydrogen) atoms. The zero-order valence-electron chi connectivity index (χ0n) is 11.0. The number of halogens is 1. The molecule has 4 nitrogen and oxygen atoms in total. The van der Waals surface area contributed by atoms with Crippen LogP contribution in [-0.4, -0.2) is 17.1 Å². The lowest BCUT2D eigenvalue weighted by atomic mass is 9.70. The van der Waals surface area contributed by atoms with Crippen LogP contribution in [0.1, 0.15) is 45.4 Å². The number of nitrogens with one attached hydrogen (secondary N) is 1. The van der Waals surface area contributed by atoms with E-state index in [0.29, 0.717) is 14.8 Å². The normalized spacial score (nSPS) is 21.8. The van der Waals surface area contributed by atoms with Crippen LogP contribution in [0.3, 0.4) is 0 Å². The number of nitrogens with zero attached hydrogens (tertiary/aromatic N) is 1. The van der Waals surface area contributed by atoms with Crippen molar-refractivity contribution in [3.05, 3.63) is 25.9 Å². The predicted molar refractivity (Wildman–Crippen MR) is 78.5 cm³/mol.